The Morgan fingerprint density at radius 3 is 3.00 bits per heavy atom. The number of hydrogen-bond donors (Lipinski definition) is 1. The van der Waals surface area contributed by atoms with Crippen molar-refractivity contribution in [2.75, 3.05) is 18.7 Å². The first-order valence-corrected chi connectivity index (χ1v) is 10.0. The van der Waals surface area contributed by atoms with Crippen molar-refractivity contribution in [1.29, 1.82) is 0 Å². The molecule has 2 aromatic heterocycles. The van der Waals surface area contributed by atoms with Crippen molar-refractivity contribution in [3.05, 3.63) is 72.5 Å². The fraction of sp³-hybridized carbons (Fsp3) is 0.174. The van der Waals surface area contributed by atoms with Gasteiger partial charge in [-0.2, -0.15) is 5.10 Å². The third kappa shape index (κ3) is 4.13. The number of aryl methyl sites for hydroxylation is 1. The molecule has 0 saturated carbocycles. The fourth-order valence-corrected chi connectivity index (χ4v) is 3.36. The summed E-state index contributed by atoms with van der Waals surface area (Å²) in [7, 11) is 0. The minimum atomic E-state index is -0.369. The van der Waals surface area contributed by atoms with Gasteiger partial charge in [0.2, 0.25) is 6.79 Å². The van der Waals surface area contributed by atoms with Gasteiger partial charge in [0.25, 0.3) is 5.91 Å². The van der Waals surface area contributed by atoms with Crippen LogP contribution in [0.2, 0.25) is 0 Å². The van der Waals surface area contributed by atoms with Crippen LogP contribution >= 0.6 is 0 Å². The van der Waals surface area contributed by atoms with Gasteiger partial charge in [-0.25, -0.2) is 4.98 Å². The van der Waals surface area contributed by atoms with E-state index in [9.17, 15) is 4.79 Å². The SMILES string of the molecule is Cc1cccc(-c2ocnc2C(=O)Nc2cnn(CCOc3ccc4c(c3)OCO4)c2)c1. The van der Waals surface area contributed by atoms with E-state index in [4.69, 9.17) is 18.6 Å². The summed E-state index contributed by atoms with van der Waals surface area (Å²) in [6, 6.07) is 13.1. The predicted molar refractivity (Wildman–Crippen MR) is 115 cm³/mol. The lowest BCUT2D eigenvalue weighted by Crippen LogP contribution is -2.13. The number of nitrogens with one attached hydrogen (secondary N) is 1. The van der Waals surface area contributed by atoms with E-state index in [1.807, 2.05) is 43.3 Å². The zero-order valence-corrected chi connectivity index (χ0v) is 17.3. The highest BCUT2D eigenvalue weighted by molar-refractivity contribution is 6.06. The van der Waals surface area contributed by atoms with Gasteiger partial charge >= 0.3 is 0 Å². The first kappa shape index (κ1) is 19.7. The van der Waals surface area contributed by atoms with Gasteiger partial charge in [0.15, 0.2) is 29.3 Å². The van der Waals surface area contributed by atoms with Crippen LogP contribution in [-0.4, -0.2) is 34.1 Å². The van der Waals surface area contributed by atoms with Crippen LogP contribution in [-0.2, 0) is 6.54 Å². The molecule has 9 heteroatoms. The quantitative estimate of drug-likeness (QED) is 0.473. The van der Waals surface area contributed by atoms with Gasteiger partial charge in [-0.05, 0) is 25.1 Å². The van der Waals surface area contributed by atoms with Gasteiger partial charge in [-0.3, -0.25) is 9.48 Å². The molecule has 1 amide bonds. The Hall–Kier alpha value is -4.27. The molecule has 0 atom stereocenters. The van der Waals surface area contributed by atoms with Crippen molar-refractivity contribution in [1.82, 2.24) is 14.8 Å². The number of carbonyl (C=O) groups is 1. The van der Waals surface area contributed by atoms with Gasteiger partial charge in [0.05, 0.1) is 18.4 Å². The molecule has 0 spiro atoms. The number of anilines is 1. The van der Waals surface area contributed by atoms with Gasteiger partial charge in [0.1, 0.15) is 12.4 Å². The Morgan fingerprint density at radius 1 is 1.19 bits per heavy atom. The summed E-state index contributed by atoms with van der Waals surface area (Å²) >= 11 is 0. The number of hydrogen-bond acceptors (Lipinski definition) is 7. The molecule has 0 radical (unpaired) electrons. The fourth-order valence-electron chi connectivity index (χ4n) is 3.36. The molecule has 1 aliphatic rings. The highest BCUT2D eigenvalue weighted by Gasteiger charge is 2.19. The Bertz CT molecular complexity index is 1260. The number of oxazole rings is 1. The summed E-state index contributed by atoms with van der Waals surface area (Å²) in [5.74, 6) is 2.12. The van der Waals surface area contributed by atoms with Crippen molar-refractivity contribution >= 4 is 11.6 Å². The number of aromatic nitrogens is 3. The summed E-state index contributed by atoms with van der Waals surface area (Å²) in [6.07, 6.45) is 4.57. The van der Waals surface area contributed by atoms with E-state index < -0.39 is 0 Å². The van der Waals surface area contributed by atoms with Crippen molar-refractivity contribution in [3.8, 4) is 28.6 Å². The largest absolute Gasteiger partial charge is 0.492 e. The molecule has 1 N–H and O–H groups in total. The normalized spacial score (nSPS) is 12.0. The number of rotatable bonds is 7. The number of ether oxygens (including phenoxy) is 3. The topological polar surface area (TPSA) is 101 Å². The number of carbonyl (C=O) groups excluding carboxylic acids is 1. The Morgan fingerprint density at radius 2 is 2.09 bits per heavy atom. The molecule has 0 saturated heterocycles. The monoisotopic (exact) mass is 432 g/mol. The van der Waals surface area contributed by atoms with E-state index in [-0.39, 0.29) is 18.4 Å². The summed E-state index contributed by atoms with van der Waals surface area (Å²) in [4.78, 5) is 16.8. The Balaban J connectivity index is 1.19. The highest BCUT2D eigenvalue weighted by atomic mass is 16.7. The highest BCUT2D eigenvalue weighted by Crippen LogP contribution is 2.35. The zero-order chi connectivity index (χ0) is 21.9. The first-order valence-electron chi connectivity index (χ1n) is 10.0. The van der Waals surface area contributed by atoms with Crippen LogP contribution in [0.1, 0.15) is 16.1 Å². The third-order valence-corrected chi connectivity index (χ3v) is 4.89. The van der Waals surface area contributed by atoms with Crippen LogP contribution < -0.4 is 19.5 Å². The molecule has 4 aromatic rings. The van der Waals surface area contributed by atoms with Crippen molar-refractivity contribution in [2.24, 2.45) is 0 Å². The lowest BCUT2D eigenvalue weighted by atomic mass is 10.1. The van der Waals surface area contributed by atoms with E-state index in [0.29, 0.717) is 41.8 Å². The summed E-state index contributed by atoms with van der Waals surface area (Å²) in [5, 5.41) is 7.08. The average molecular weight is 432 g/mol. The number of fused-ring (bicyclic) bond motifs is 1. The molecule has 0 bridgehead atoms. The first-order chi connectivity index (χ1) is 15.7. The van der Waals surface area contributed by atoms with Crippen molar-refractivity contribution in [2.45, 2.75) is 13.5 Å². The van der Waals surface area contributed by atoms with Gasteiger partial charge in [-0.15, -0.1) is 0 Å². The van der Waals surface area contributed by atoms with Crippen LogP contribution in [0.15, 0.2) is 65.7 Å². The summed E-state index contributed by atoms with van der Waals surface area (Å²) < 4.78 is 23.5. The van der Waals surface area contributed by atoms with Crippen LogP contribution in [0.25, 0.3) is 11.3 Å². The van der Waals surface area contributed by atoms with E-state index in [1.165, 1.54) is 6.39 Å². The van der Waals surface area contributed by atoms with Crippen LogP contribution in [0, 0.1) is 6.92 Å². The molecule has 3 heterocycles. The predicted octanol–water partition coefficient (Wildman–Crippen LogP) is 3.91. The summed E-state index contributed by atoms with van der Waals surface area (Å²) in [6.45, 7) is 3.10. The molecule has 32 heavy (non-hydrogen) atoms. The standard InChI is InChI=1S/C23H20N4O5/c1-15-3-2-4-16(9-15)22-21(24-13-30-22)23(28)26-17-11-25-27(12-17)7-8-29-18-5-6-19-20(10-18)32-14-31-19/h2-6,9-13H,7-8,14H2,1H3,(H,26,28). The van der Waals surface area contributed by atoms with Crippen molar-refractivity contribution in [3.63, 3.8) is 0 Å². The Kier molecular flexibility index (Phi) is 5.20. The molecule has 0 aliphatic carbocycles. The number of nitrogens with zero attached hydrogens (tertiary/aromatic N) is 3. The molecule has 9 nitrogen and oxygen atoms in total. The van der Waals surface area contributed by atoms with Crippen LogP contribution in [0.4, 0.5) is 5.69 Å². The van der Waals surface area contributed by atoms with E-state index >= 15 is 0 Å². The molecular weight excluding hydrogens is 412 g/mol. The number of amides is 1. The lowest BCUT2D eigenvalue weighted by Gasteiger charge is -2.07. The average Bonchev–Trinajstić information content (AvgIpc) is 3.54. The molecule has 162 valence electrons. The minimum absolute atomic E-state index is 0.217. The van der Waals surface area contributed by atoms with Crippen LogP contribution in [0.5, 0.6) is 17.2 Å². The van der Waals surface area contributed by atoms with Gasteiger partial charge in [0, 0.05) is 17.8 Å². The smallest absolute Gasteiger partial charge is 0.278 e. The molecular formula is C23H20N4O5. The second-order valence-corrected chi connectivity index (χ2v) is 7.21. The van der Waals surface area contributed by atoms with Gasteiger partial charge < -0.3 is 23.9 Å². The maximum absolute atomic E-state index is 12.7. The second-order valence-electron chi connectivity index (χ2n) is 7.21. The maximum Gasteiger partial charge on any atom is 0.278 e. The van der Waals surface area contributed by atoms with E-state index in [0.717, 1.165) is 11.1 Å². The molecule has 1 aliphatic heterocycles. The van der Waals surface area contributed by atoms with E-state index in [1.54, 1.807) is 23.1 Å². The minimum Gasteiger partial charge on any atom is -0.492 e. The second kappa shape index (κ2) is 8.46. The van der Waals surface area contributed by atoms with Crippen LogP contribution in [0.3, 0.4) is 0 Å². The zero-order valence-electron chi connectivity index (χ0n) is 17.3. The summed E-state index contributed by atoms with van der Waals surface area (Å²) in [5.41, 5.74) is 2.63. The Labute approximate surface area is 183 Å². The number of benzene rings is 2. The van der Waals surface area contributed by atoms with Crippen molar-refractivity contribution < 1.29 is 23.4 Å². The van der Waals surface area contributed by atoms with Gasteiger partial charge in [-0.1, -0.05) is 23.8 Å². The molecule has 2 aromatic carbocycles. The molecule has 5 rings (SSSR count). The molecule has 0 unspecified atom stereocenters. The maximum atomic E-state index is 12.7. The molecule has 0 fully saturated rings. The lowest BCUT2D eigenvalue weighted by molar-refractivity contribution is 0.102. The van der Waals surface area contributed by atoms with E-state index in [2.05, 4.69) is 15.4 Å². The third-order valence-electron chi connectivity index (χ3n) is 4.89.